The molecule has 140 valence electrons. The first-order chi connectivity index (χ1) is 13.0. The highest BCUT2D eigenvalue weighted by atomic mass is 32.1. The number of thiocarbonyl (C=S) groups is 1. The van der Waals surface area contributed by atoms with Crippen LogP contribution in [0.2, 0.25) is 0 Å². The number of nitrogens with one attached hydrogen (secondary N) is 1. The molecule has 0 unspecified atom stereocenters. The second kappa shape index (κ2) is 7.75. The van der Waals surface area contributed by atoms with E-state index in [-0.39, 0.29) is 10.7 Å². The van der Waals surface area contributed by atoms with Gasteiger partial charge in [0.25, 0.3) is 11.8 Å². The molecule has 1 aliphatic rings. The zero-order valence-electron chi connectivity index (χ0n) is 15.4. The molecule has 0 atom stereocenters. The van der Waals surface area contributed by atoms with Gasteiger partial charge < -0.3 is 9.47 Å². The summed E-state index contributed by atoms with van der Waals surface area (Å²) in [6, 6.07) is 9.46. The van der Waals surface area contributed by atoms with Crippen molar-refractivity contribution in [1.82, 2.24) is 10.2 Å². The molecule has 0 saturated carbocycles. The monoisotopic (exact) mass is 384 g/mol. The Labute approximate surface area is 162 Å². The molecule has 1 saturated heterocycles. The van der Waals surface area contributed by atoms with Crippen LogP contribution in [0.4, 0.5) is 0 Å². The van der Waals surface area contributed by atoms with Crippen molar-refractivity contribution in [3.05, 3.63) is 41.5 Å². The maximum absolute atomic E-state index is 12.6. The van der Waals surface area contributed by atoms with Crippen molar-refractivity contribution in [1.29, 1.82) is 0 Å². The van der Waals surface area contributed by atoms with Crippen LogP contribution in [0.3, 0.4) is 0 Å². The van der Waals surface area contributed by atoms with E-state index >= 15 is 0 Å². The van der Waals surface area contributed by atoms with E-state index in [4.69, 9.17) is 21.7 Å². The first-order valence-corrected chi connectivity index (χ1v) is 9.04. The molecule has 1 aliphatic heterocycles. The molecule has 0 bridgehead atoms. The molecule has 0 aliphatic carbocycles. The van der Waals surface area contributed by atoms with Gasteiger partial charge in [0.15, 0.2) is 5.11 Å². The molecule has 1 N–H and O–H groups in total. The SMILES string of the molecule is CCOc1ccc2ccc(OCC)c(/C=C3\C(=O)NC(=S)N(C)C3=O)c2c1. The topological polar surface area (TPSA) is 67.9 Å². The zero-order valence-corrected chi connectivity index (χ0v) is 16.2. The average Bonchev–Trinajstić information content (AvgIpc) is 2.65. The van der Waals surface area contributed by atoms with Gasteiger partial charge in [0.05, 0.1) is 13.2 Å². The van der Waals surface area contributed by atoms with Crippen molar-refractivity contribution in [2.45, 2.75) is 13.8 Å². The fourth-order valence-corrected chi connectivity index (χ4v) is 3.05. The minimum absolute atomic E-state index is 0.00126. The Kier molecular flexibility index (Phi) is 5.41. The number of ether oxygens (including phenoxy) is 2. The molecule has 2 aromatic rings. The van der Waals surface area contributed by atoms with E-state index in [1.807, 2.05) is 44.2 Å². The highest BCUT2D eigenvalue weighted by molar-refractivity contribution is 7.80. The number of hydrogen-bond acceptors (Lipinski definition) is 5. The smallest absolute Gasteiger partial charge is 0.265 e. The molecule has 27 heavy (non-hydrogen) atoms. The van der Waals surface area contributed by atoms with Crippen LogP contribution in [-0.2, 0) is 9.59 Å². The molecule has 3 rings (SSSR count). The van der Waals surface area contributed by atoms with Crippen LogP contribution in [0.15, 0.2) is 35.9 Å². The van der Waals surface area contributed by atoms with Crippen molar-refractivity contribution < 1.29 is 19.1 Å². The van der Waals surface area contributed by atoms with E-state index in [0.29, 0.717) is 30.3 Å². The molecule has 1 heterocycles. The van der Waals surface area contributed by atoms with Gasteiger partial charge in [-0.2, -0.15) is 0 Å². The lowest BCUT2D eigenvalue weighted by atomic mass is 9.99. The third kappa shape index (κ3) is 3.64. The number of amides is 2. The molecular formula is C20H20N2O4S. The third-order valence-electron chi connectivity index (χ3n) is 4.20. The summed E-state index contributed by atoms with van der Waals surface area (Å²) in [5.41, 5.74) is 0.650. The Morgan fingerprint density at radius 2 is 1.81 bits per heavy atom. The molecule has 1 fully saturated rings. The van der Waals surface area contributed by atoms with Crippen molar-refractivity contribution in [2.24, 2.45) is 0 Å². The summed E-state index contributed by atoms with van der Waals surface area (Å²) in [4.78, 5) is 26.2. The number of nitrogens with zero attached hydrogens (tertiary/aromatic N) is 1. The molecule has 0 aromatic heterocycles. The van der Waals surface area contributed by atoms with E-state index in [1.165, 1.54) is 11.9 Å². The second-order valence-corrected chi connectivity index (χ2v) is 6.29. The van der Waals surface area contributed by atoms with Gasteiger partial charge in [-0.1, -0.05) is 12.1 Å². The molecule has 2 aromatic carbocycles. The highest BCUT2D eigenvalue weighted by Crippen LogP contribution is 2.33. The molecule has 6 nitrogen and oxygen atoms in total. The van der Waals surface area contributed by atoms with Gasteiger partial charge in [-0.25, -0.2) is 0 Å². The van der Waals surface area contributed by atoms with Gasteiger partial charge in [-0.05, 0) is 61.1 Å². The average molecular weight is 384 g/mol. The second-order valence-electron chi connectivity index (χ2n) is 5.91. The van der Waals surface area contributed by atoms with Gasteiger partial charge in [0.1, 0.15) is 17.1 Å². The minimum Gasteiger partial charge on any atom is -0.494 e. The van der Waals surface area contributed by atoms with Crippen LogP contribution < -0.4 is 14.8 Å². The Balaban J connectivity index is 2.22. The van der Waals surface area contributed by atoms with E-state index in [9.17, 15) is 9.59 Å². The Morgan fingerprint density at radius 1 is 1.11 bits per heavy atom. The lowest BCUT2D eigenvalue weighted by Gasteiger charge is -2.25. The summed E-state index contributed by atoms with van der Waals surface area (Å²) in [5.74, 6) is 0.311. The van der Waals surface area contributed by atoms with Gasteiger partial charge in [-0.15, -0.1) is 0 Å². The molecule has 0 spiro atoms. The van der Waals surface area contributed by atoms with Crippen LogP contribution >= 0.6 is 12.2 Å². The number of hydrogen-bond donors (Lipinski definition) is 1. The summed E-state index contributed by atoms with van der Waals surface area (Å²) in [5, 5.41) is 4.39. The normalized spacial score (nSPS) is 16.0. The summed E-state index contributed by atoms with van der Waals surface area (Å²) in [7, 11) is 1.53. The standard InChI is InChI=1S/C20H20N2O4S/c1-4-25-13-8-6-12-7-9-17(26-5-2)15(14(12)10-13)11-16-18(23)21-20(27)22(3)19(16)24/h6-11H,4-5H2,1-3H3,(H,21,23,27)/b16-11+. The minimum atomic E-state index is -0.525. The molecule has 2 amide bonds. The number of fused-ring (bicyclic) bond motifs is 1. The van der Waals surface area contributed by atoms with Crippen LogP contribution in [0.1, 0.15) is 19.4 Å². The summed E-state index contributed by atoms with van der Waals surface area (Å²) in [6.45, 7) is 4.78. The van der Waals surface area contributed by atoms with Crippen molar-refractivity contribution in [3.63, 3.8) is 0 Å². The highest BCUT2D eigenvalue weighted by Gasteiger charge is 2.31. The van der Waals surface area contributed by atoms with Gasteiger partial charge in [0.2, 0.25) is 0 Å². The summed E-state index contributed by atoms with van der Waals surface area (Å²) >= 11 is 5.00. The van der Waals surface area contributed by atoms with Crippen LogP contribution in [0.5, 0.6) is 11.5 Å². The van der Waals surface area contributed by atoms with Crippen LogP contribution in [0, 0.1) is 0 Å². The van der Waals surface area contributed by atoms with Crippen molar-refractivity contribution >= 4 is 46.0 Å². The first-order valence-electron chi connectivity index (χ1n) is 8.63. The van der Waals surface area contributed by atoms with Gasteiger partial charge >= 0.3 is 0 Å². The summed E-state index contributed by atoms with van der Waals surface area (Å²) in [6.07, 6.45) is 1.55. The van der Waals surface area contributed by atoms with Crippen molar-refractivity contribution in [2.75, 3.05) is 20.3 Å². The number of likely N-dealkylation sites (N-methyl/N-ethyl adjacent to an activating group) is 1. The maximum Gasteiger partial charge on any atom is 0.265 e. The fourth-order valence-electron chi connectivity index (χ4n) is 2.88. The lowest BCUT2D eigenvalue weighted by Crippen LogP contribution is -2.52. The number of benzene rings is 2. The summed E-state index contributed by atoms with van der Waals surface area (Å²) < 4.78 is 11.3. The van der Waals surface area contributed by atoms with E-state index in [1.54, 1.807) is 6.08 Å². The Bertz CT molecular complexity index is 963. The fraction of sp³-hybridized carbons (Fsp3) is 0.250. The van der Waals surface area contributed by atoms with E-state index in [2.05, 4.69) is 5.32 Å². The number of carbonyl (C=O) groups is 2. The van der Waals surface area contributed by atoms with Gasteiger partial charge in [-0.3, -0.25) is 19.8 Å². The Morgan fingerprint density at radius 3 is 2.52 bits per heavy atom. The number of rotatable bonds is 5. The maximum atomic E-state index is 12.6. The van der Waals surface area contributed by atoms with Gasteiger partial charge in [0, 0.05) is 12.6 Å². The molecule has 0 radical (unpaired) electrons. The Hall–Kier alpha value is -2.93. The van der Waals surface area contributed by atoms with Crippen LogP contribution in [-0.4, -0.2) is 42.1 Å². The first kappa shape index (κ1) is 18.8. The van der Waals surface area contributed by atoms with Crippen molar-refractivity contribution in [3.8, 4) is 11.5 Å². The zero-order chi connectivity index (χ0) is 19.6. The quantitative estimate of drug-likeness (QED) is 0.488. The van der Waals surface area contributed by atoms with Crippen LogP contribution in [0.25, 0.3) is 16.8 Å². The predicted octanol–water partition coefficient (Wildman–Crippen LogP) is 2.89. The molecule has 7 heteroatoms. The predicted molar refractivity (Wildman–Crippen MR) is 108 cm³/mol. The molecular weight excluding hydrogens is 364 g/mol. The van der Waals surface area contributed by atoms with E-state index < -0.39 is 11.8 Å². The largest absolute Gasteiger partial charge is 0.494 e. The third-order valence-corrected chi connectivity index (χ3v) is 4.57. The van der Waals surface area contributed by atoms with E-state index in [0.717, 1.165) is 10.8 Å². The lowest BCUT2D eigenvalue weighted by molar-refractivity contribution is -0.128. The number of carbonyl (C=O) groups excluding carboxylic acids is 2.